The summed E-state index contributed by atoms with van der Waals surface area (Å²) >= 11 is 3.32. The molecule has 5 heteroatoms. The lowest BCUT2D eigenvalue weighted by Gasteiger charge is -2.38. The molecule has 1 unspecified atom stereocenters. The van der Waals surface area contributed by atoms with Gasteiger partial charge < -0.3 is 9.80 Å². The molecule has 2 aliphatic heterocycles. The second-order valence-corrected chi connectivity index (χ2v) is 8.22. The largest absolute Gasteiger partial charge is 0.338 e. The number of carbonyl (C=O) groups is 1. The molecular formula is C19H26BrFN2O. The average molecular weight is 397 g/mol. The molecule has 2 aliphatic rings. The van der Waals surface area contributed by atoms with Crippen molar-refractivity contribution in [2.24, 2.45) is 11.8 Å². The minimum absolute atomic E-state index is 0.0128. The Morgan fingerprint density at radius 1 is 1.25 bits per heavy atom. The van der Waals surface area contributed by atoms with E-state index in [0.29, 0.717) is 16.0 Å². The molecule has 2 saturated heterocycles. The van der Waals surface area contributed by atoms with Crippen LogP contribution in [0.4, 0.5) is 4.39 Å². The van der Waals surface area contributed by atoms with Crippen molar-refractivity contribution >= 4 is 21.8 Å². The zero-order valence-corrected chi connectivity index (χ0v) is 15.9. The van der Waals surface area contributed by atoms with E-state index in [2.05, 4.69) is 27.8 Å². The maximum Gasteiger partial charge on any atom is 0.255 e. The van der Waals surface area contributed by atoms with E-state index in [-0.39, 0.29) is 11.7 Å². The lowest BCUT2D eigenvalue weighted by molar-refractivity contribution is 0.0621. The van der Waals surface area contributed by atoms with Crippen molar-refractivity contribution in [3.05, 3.63) is 34.1 Å². The average Bonchev–Trinajstić information content (AvgIpc) is 2.57. The summed E-state index contributed by atoms with van der Waals surface area (Å²) in [5, 5.41) is 0. The van der Waals surface area contributed by atoms with Gasteiger partial charge in [-0.25, -0.2) is 4.39 Å². The third kappa shape index (κ3) is 4.37. The molecule has 1 aromatic rings. The molecule has 2 fully saturated rings. The molecule has 132 valence electrons. The minimum Gasteiger partial charge on any atom is -0.338 e. The van der Waals surface area contributed by atoms with E-state index in [9.17, 15) is 9.18 Å². The Kier molecular flexibility index (Phi) is 5.93. The second-order valence-electron chi connectivity index (χ2n) is 7.37. The number of nitrogens with zero attached hydrogens (tertiary/aromatic N) is 2. The first-order valence-electron chi connectivity index (χ1n) is 8.99. The molecule has 1 amide bonds. The Hall–Kier alpha value is -0.940. The second kappa shape index (κ2) is 7.96. The Morgan fingerprint density at radius 2 is 2.00 bits per heavy atom. The number of carbonyl (C=O) groups excluding carboxylic acids is 1. The van der Waals surface area contributed by atoms with Gasteiger partial charge in [0, 0.05) is 24.1 Å². The SMILES string of the molecule is CC1CCN(CC2CCCN(C(=O)c3ccc(F)cc3Br)C2)CC1. The van der Waals surface area contributed by atoms with E-state index >= 15 is 0 Å². The van der Waals surface area contributed by atoms with E-state index < -0.39 is 0 Å². The predicted molar refractivity (Wildman–Crippen MR) is 97.6 cm³/mol. The van der Waals surface area contributed by atoms with Crippen LogP contribution in [0, 0.1) is 17.7 Å². The van der Waals surface area contributed by atoms with Gasteiger partial charge in [-0.1, -0.05) is 6.92 Å². The summed E-state index contributed by atoms with van der Waals surface area (Å²) in [6.45, 7) is 7.43. The number of hydrogen-bond donors (Lipinski definition) is 0. The summed E-state index contributed by atoms with van der Waals surface area (Å²) in [7, 11) is 0. The van der Waals surface area contributed by atoms with Crippen molar-refractivity contribution in [1.82, 2.24) is 9.80 Å². The molecule has 0 saturated carbocycles. The number of rotatable bonds is 3. The molecule has 0 spiro atoms. The first-order chi connectivity index (χ1) is 11.5. The van der Waals surface area contributed by atoms with Crippen LogP contribution in [0.5, 0.6) is 0 Å². The van der Waals surface area contributed by atoms with E-state index in [1.54, 1.807) is 6.07 Å². The molecule has 0 radical (unpaired) electrons. The van der Waals surface area contributed by atoms with Crippen molar-refractivity contribution in [2.45, 2.75) is 32.6 Å². The van der Waals surface area contributed by atoms with Crippen LogP contribution in [0.25, 0.3) is 0 Å². The standard InChI is InChI=1S/C19H26BrFN2O/c1-14-6-9-22(10-7-14)12-15-3-2-8-23(13-15)19(24)17-5-4-16(21)11-18(17)20/h4-5,11,14-15H,2-3,6-10,12-13H2,1H3. The quantitative estimate of drug-likeness (QED) is 0.764. The first-order valence-corrected chi connectivity index (χ1v) is 9.79. The number of halogens is 2. The highest BCUT2D eigenvalue weighted by atomic mass is 79.9. The van der Waals surface area contributed by atoms with Crippen LogP contribution in [0.15, 0.2) is 22.7 Å². The van der Waals surface area contributed by atoms with Crippen LogP contribution in [-0.2, 0) is 0 Å². The summed E-state index contributed by atoms with van der Waals surface area (Å²) in [5.41, 5.74) is 0.559. The van der Waals surface area contributed by atoms with Gasteiger partial charge in [-0.3, -0.25) is 4.79 Å². The molecule has 1 atom stereocenters. The van der Waals surface area contributed by atoms with Crippen LogP contribution in [-0.4, -0.2) is 48.4 Å². The van der Waals surface area contributed by atoms with Gasteiger partial charge in [-0.15, -0.1) is 0 Å². The van der Waals surface area contributed by atoms with Crippen LogP contribution in [0.2, 0.25) is 0 Å². The fourth-order valence-electron chi connectivity index (χ4n) is 3.84. The van der Waals surface area contributed by atoms with Gasteiger partial charge in [-0.2, -0.15) is 0 Å². The van der Waals surface area contributed by atoms with Gasteiger partial charge in [0.05, 0.1) is 5.56 Å². The lowest BCUT2D eigenvalue weighted by atomic mass is 9.94. The van der Waals surface area contributed by atoms with Crippen molar-refractivity contribution < 1.29 is 9.18 Å². The summed E-state index contributed by atoms with van der Waals surface area (Å²) in [6.07, 6.45) is 4.83. The summed E-state index contributed by atoms with van der Waals surface area (Å²) in [6, 6.07) is 4.30. The molecule has 2 heterocycles. The third-order valence-electron chi connectivity index (χ3n) is 5.36. The highest BCUT2D eigenvalue weighted by Crippen LogP contribution is 2.25. The molecule has 3 nitrogen and oxygen atoms in total. The van der Waals surface area contributed by atoms with Crippen LogP contribution in [0.3, 0.4) is 0 Å². The minimum atomic E-state index is -0.325. The van der Waals surface area contributed by atoms with Crippen LogP contribution >= 0.6 is 15.9 Å². The zero-order chi connectivity index (χ0) is 17.1. The van der Waals surface area contributed by atoms with E-state index in [1.165, 1.54) is 44.5 Å². The number of piperidine rings is 2. The fourth-order valence-corrected chi connectivity index (χ4v) is 4.36. The smallest absolute Gasteiger partial charge is 0.255 e. The monoisotopic (exact) mass is 396 g/mol. The Morgan fingerprint density at radius 3 is 2.71 bits per heavy atom. The number of hydrogen-bond acceptors (Lipinski definition) is 2. The third-order valence-corrected chi connectivity index (χ3v) is 6.02. The van der Waals surface area contributed by atoms with Crippen molar-refractivity contribution in [3.8, 4) is 0 Å². The molecule has 24 heavy (non-hydrogen) atoms. The lowest BCUT2D eigenvalue weighted by Crippen LogP contribution is -2.45. The normalized spacial score (nSPS) is 23.5. The maximum atomic E-state index is 13.2. The van der Waals surface area contributed by atoms with E-state index in [1.807, 2.05) is 4.90 Å². The summed E-state index contributed by atoms with van der Waals surface area (Å²) in [5.74, 6) is 1.09. The van der Waals surface area contributed by atoms with Gasteiger partial charge in [-0.05, 0) is 84.7 Å². The molecule has 0 aromatic heterocycles. The molecule has 0 N–H and O–H groups in total. The molecule has 1 aromatic carbocycles. The highest BCUT2D eigenvalue weighted by molar-refractivity contribution is 9.10. The number of amides is 1. The van der Waals surface area contributed by atoms with Crippen molar-refractivity contribution in [1.29, 1.82) is 0 Å². The Labute approximate surface area is 152 Å². The van der Waals surface area contributed by atoms with Gasteiger partial charge >= 0.3 is 0 Å². The predicted octanol–water partition coefficient (Wildman–Crippen LogP) is 4.17. The van der Waals surface area contributed by atoms with E-state index in [4.69, 9.17) is 0 Å². The molecule has 0 bridgehead atoms. The summed E-state index contributed by atoms with van der Waals surface area (Å²) < 4.78 is 13.8. The summed E-state index contributed by atoms with van der Waals surface area (Å²) in [4.78, 5) is 17.3. The fraction of sp³-hybridized carbons (Fsp3) is 0.632. The van der Waals surface area contributed by atoms with Crippen molar-refractivity contribution in [3.63, 3.8) is 0 Å². The Bertz CT molecular complexity index is 587. The first kappa shape index (κ1) is 17.9. The molecule has 3 rings (SSSR count). The Balaban J connectivity index is 1.59. The van der Waals surface area contributed by atoms with E-state index in [0.717, 1.165) is 32.0 Å². The maximum absolute atomic E-state index is 13.2. The molecular weight excluding hydrogens is 371 g/mol. The van der Waals surface area contributed by atoms with Crippen molar-refractivity contribution in [2.75, 3.05) is 32.7 Å². The van der Waals surface area contributed by atoms with Gasteiger partial charge in [0.15, 0.2) is 0 Å². The zero-order valence-electron chi connectivity index (χ0n) is 14.3. The van der Waals surface area contributed by atoms with Gasteiger partial charge in [0.25, 0.3) is 5.91 Å². The van der Waals surface area contributed by atoms with Gasteiger partial charge in [0.2, 0.25) is 0 Å². The van der Waals surface area contributed by atoms with Gasteiger partial charge in [0.1, 0.15) is 5.82 Å². The number of likely N-dealkylation sites (tertiary alicyclic amines) is 2. The number of benzene rings is 1. The highest BCUT2D eigenvalue weighted by Gasteiger charge is 2.27. The van der Waals surface area contributed by atoms with Crippen LogP contribution < -0.4 is 0 Å². The molecule has 0 aliphatic carbocycles. The topological polar surface area (TPSA) is 23.6 Å². The van der Waals surface area contributed by atoms with Crippen LogP contribution in [0.1, 0.15) is 43.0 Å².